The molecule has 0 saturated carbocycles. The summed E-state index contributed by atoms with van der Waals surface area (Å²) in [7, 11) is 0. The number of anilines is 1. The number of rotatable bonds is 15. The first-order valence-electron chi connectivity index (χ1n) is 16.2. The van der Waals surface area contributed by atoms with Crippen LogP contribution >= 0.6 is 0 Å². The van der Waals surface area contributed by atoms with E-state index in [4.69, 9.17) is 22.4 Å². The Morgan fingerprint density at radius 1 is 1.05 bits per heavy atom. The maximum absolute atomic E-state index is 12.6. The Kier molecular flexibility index (Phi) is 8.24. The average molecular weight is 574 g/mol. The van der Waals surface area contributed by atoms with E-state index in [0.29, 0.717) is 30.5 Å². The quantitative estimate of drug-likeness (QED) is 0.223. The predicted molar refractivity (Wildman–Crippen MR) is 152 cm³/mol. The number of nitrogens with one attached hydrogen (secondary N) is 1. The maximum atomic E-state index is 12.6. The topological polar surface area (TPSA) is 66.8 Å². The van der Waals surface area contributed by atoms with Crippen LogP contribution in [0.1, 0.15) is 43.8 Å². The summed E-state index contributed by atoms with van der Waals surface area (Å²) in [5.74, 6) is 0.176. The van der Waals surface area contributed by atoms with Gasteiger partial charge in [0.05, 0.1) is 20.6 Å². The predicted octanol–water partition coefficient (Wildman–Crippen LogP) is 6.07. The molecule has 6 nitrogen and oxygen atoms in total. The van der Waals surface area contributed by atoms with Gasteiger partial charge < -0.3 is 24.4 Å². The number of alkyl halides is 3. The van der Waals surface area contributed by atoms with Crippen LogP contribution in [0.2, 0.25) is 0 Å². The zero-order valence-corrected chi connectivity index (χ0v) is 22.6. The van der Waals surface area contributed by atoms with Crippen LogP contribution in [0.25, 0.3) is 0 Å². The van der Waals surface area contributed by atoms with Crippen LogP contribution in [0.4, 0.5) is 18.9 Å². The van der Waals surface area contributed by atoms with E-state index in [1.165, 1.54) is 12.1 Å². The minimum atomic E-state index is -4.47. The summed E-state index contributed by atoms with van der Waals surface area (Å²) in [6.45, 7) is -5.11. The second-order valence-electron chi connectivity index (χ2n) is 9.54. The molecule has 0 aromatic heterocycles. The summed E-state index contributed by atoms with van der Waals surface area (Å²) in [5.41, 5.74) is 2.42. The van der Waals surface area contributed by atoms with Crippen molar-refractivity contribution in [1.29, 1.82) is 5.26 Å². The molecule has 1 heterocycles. The van der Waals surface area contributed by atoms with Crippen molar-refractivity contribution in [2.24, 2.45) is 0 Å². The molecule has 9 heteroatoms. The summed E-state index contributed by atoms with van der Waals surface area (Å²) >= 11 is 0. The van der Waals surface area contributed by atoms with Crippen molar-refractivity contribution in [2.45, 2.75) is 45.0 Å². The van der Waals surface area contributed by atoms with Crippen molar-refractivity contribution in [3.8, 4) is 17.6 Å². The molecular weight excluding hydrogens is 531 g/mol. The van der Waals surface area contributed by atoms with Gasteiger partial charge in [0, 0.05) is 37.7 Å². The number of hydrogen-bond donors (Lipinski definition) is 1. The first-order valence-corrected chi connectivity index (χ1v) is 13.2. The minimum absolute atomic E-state index is 0.0117. The molecule has 41 heavy (non-hydrogen) atoms. The van der Waals surface area contributed by atoms with Crippen LogP contribution in [0.5, 0.6) is 11.5 Å². The molecule has 4 rings (SSSR count). The number of nitriles is 1. The van der Waals surface area contributed by atoms with E-state index in [9.17, 15) is 18.4 Å². The SMILES string of the molecule is [2H]C([2H])(OCc1ccccc1)C([2H])([2H])C([2H])([2H])N1CCc2cc(C[C@@H](C)NCCOc3ccccc3OCC(F)(F)F)cc(C#N)c21. The molecule has 218 valence electrons. The summed E-state index contributed by atoms with van der Waals surface area (Å²) in [5, 5.41) is 13.3. The van der Waals surface area contributed by atoms with Gasteiger partial charge in [-0.15, -0.1) is 0 Å². The van der Waals surface area contributed by atoms with Crippen LogP contribution in [-0.2, 0) is 24.2 Å². The van der Waals surface area contributed by atoms with Gasteiger partial charge in [-0.3, -0.25) is 0 Å². The van der Waals surface area contributed by atoms with E-state index in [1.807, 2.05) is 13.0 Å². The number of halogens is 3. The highest BCUT2D eigenvalue weighted by atomic mass is 19.4. The first kappa shape index (κ1) is 22.9. The van der Waals surface area contributed by atoms with E-state index in [-0.39, 0.29) is 48.6 Å². The third-order valence-electron chi connectivity index (χ3n) is 6.27. The summed E-state index contributed by atoms with van der Waals surface area (Å²) in [6.07, 6.45) is -6.80. The zero-order valence-electron chi connectivity index (χ0n) is 28.6. The fourth-order valence-electron chi connectivity index (χ4n) is 4.49. The van der Waals surface area contributed by atoms with Gasteiger partial charge in [0.15, 0.2) is 18.1 Å². The number of nitrogens with zero attached hydrogens (tertiary/aromatic N) is 2. The van der Waals surface area contributed by atoms with Crippen molar-refractivity contribution in [1.82, 2.24) is 5.32 Å². The second kappa shape index (κ2) is 14.8. The molecule has 0 aliphatic carbocycles. The van der Waals surface area contributed by atoms with Gasteiger partial charge in [0.1, 0.15) is 12.7 Å². The molecule has 0 radical (unpaired) electrons. The summed E-state index contributed by atoms with van der Waals surface area (Å²) in [6, 6.07) is 20.2. The van der Waals surface area contributed by atoms with Crippen LogP contribution in [-0.4, -0.2) is 51.6 Å². The Bertz CT molecular complexity index is 1550. The largest absolute Gasteiger partial charge is 0.488 e. The Morgan fingerprint density at radius 2 is 1.78 bits per heavy atom. The van der Waals surface area contributed by atoms with Crippen LogP contribution in [0, 0.1) is 11.3 Å². The highest BCUT2D eigenvalue weighted by Gasteiger charge is 2.29. The molecule has 0 unspecified atom stereocenters. The number of benzene rings is 3. The van der Waals surface area contributed by atoms with Crippen molar-refractivity contribution in [3.05, 3.63) is 89.0 Å². The van der Waals surface area contributed by atoms with Gasteiger partial charge in [-0.05, 0) is 61.0 Å². The molecule has 0 amide bonds. The number of hydrogen-bond acceptors (Lipinski definition) is 6. The highest BCUT2D eigenvalue weighted by Crippen LogP contribution is 2.33. The first-order chi connectivity index (χ1) is 22.1. The van der Waals surface area contributed by atoms with Crippen molar-refractivity contribution < 1.29 is 35.6 Å². The lowest BCUT2D eigenvalue weighted by molar-refractivity contribution is -0.153. The minimum Gasteiger partial charge on any atom is -0.488 e. The monoisotopic (exact) mass is 573 g/mol. The van der Waals surface area contributed by atoms with Crippen molar-refractivity contribution in [2.75, 3.05) is 44.3 Å². The van der Waals surface area contributed by atoms with E-state index < -0.39 is 32.2 Å². The molecular formula is C32H36F3N3O3. The van der Waals surface area contributed by atoms with Crippen molar-refractivity contribution in [3.63, 3.8) is 0 Å². The van der Waals surface area contributed by atoms with Gasteiger partial charge >= 0.3 is 6.18 Å². The van der Waals surface area contributed by atoms with Gasteiger partial charge in [0.2, 0.25) is 0 Å². The number of para-hydroxylation sites is 2. The molecule has 0 saturated heterocycles. The van der Waals surface area contributed by atoms with E-state index in [2.05, 4.69) is 11.4 Å². The Hall–Kier alpha value is -3.74. The van der Waals surface area contributed by atoms with Crippen LogP contribution in [0.15, 0.2) is 66.7 Å². The average Bonchev–Trinajstić information content (AvgIpc) is 3.46. The summed E-state index contributed by atoms with van der Waals surface area (Å²) in [4.78, 5) is 1.11. The lowest BCUT2D eigenvalue weighted by Crippen LogP contribution is -2.32. The number of fused-ring (bicyclic) bond motifs is 1. The van der Waals surface area contributed by atoms with Gasteiger partial charge in [-0.1, -0.05) is 48.5 Å². The number of ether oxygens (including phenoxy) is 3. The smallest absolute Gasteiger partial charge is 0.422 e. The summed E-state index contributed by atoms with van der Waals surface area (Å²) < 4.78 is 105. The molecule has 3 aromatic carbocycles. The van der Waals surface area contributed by atoms with Crippen molar-refractivity contribution >= 4 is 5.69 Å². The lowest BCUT2D eigenvalue weighted by Gasteiger charge is -2.21. The fraction of sp³-hybridized carbons (Fsp3) is 0.406. The van der Waals surface area contributed by atoms with E-state index in [0.717, 1.165) is 10.5 Å². The van der Waals surface area contributed by atoms with Crippen LogP contribution < -0.4 is 19.7 Å². The third kappa shape index (κ3) is 9.41. The van der Waals surface area contributed by atoms with E-state index >= 15 is 0 Å². The maximum Gasteiger partial charge on any atom is 0.422 e. The van der Waals surface area contributed by atoms with Gasteiger partial charge in [0.25, 0.3) is 0 Å². The molecule has 0 bridgehead atoms. The lowest BCUT2D eigenvalue weighted by atomic mass is 9.99. The normalized spacial score (nSPS) is 16.7. The molecule has 3 aromatic rings. The Morgan fingerprint density at radius 3 is 2.51 bits per heavy atom. The third-order valence-corrected chi connectivity index (χ3v) is 6.27. The highest BCUT2D eigenvalue weighted by molar-refractivity contribution is 5.68. The molecule has 1 aliphatic rings. The molecule has 1 atom stereocenters. The zero-order chi connectivity index (χ0) is 34.5. The molecule has 1 N–H and O–H groups in total. The van der Waals surface area contributed by atoms with E-state index in [1.54, 1.807) is 48.5 Å². The standard InChI is InChI=1S/C32H36F3N3O3/c1-24(37-13-17-40-29-10-5-6-11-30(29)41-23-32(33,34)35)18-26-19-27-12-15-38(31(27)28(20-26)21-36)14-7-16-39-22-25-8-3-2-4-9-25/h2-6,8-11,19-20,24,37H,7,12-18,22-23H2,1H3/t24-/m1/s1/i7D2,14D2,16D2. The molecule has 0 spiro atoms. The van der Waals surface area contributed by atoms with Gasteiger partial charge in [-0.2, -0.15) is 18.4 Å². The second-order valence-corrected chi connectivity index (χ2v) is 9.54. The fourth-order valence-corrected chi connectivity index (χ4v) is 4.49. The Balaban J connectivity index is 1.39. The van der Waals surface area contributed by atoms with Gasteiger partial charge in [-0.25, -0.2) is 0 Å². The molecule has 0 fully saturated rings. The Labute approximate surface area is 248 Å². The molecule has 1 aliphatic heterocycles. The van der Waals surface area contributed by atoms with Crippen LogP contribution in [0.3, 0.4) is 0 Å².